The normalized spacial score (nSPS) is 11.0. The lowest BCUT2D eigenvalue weighted by Gasteiger charge is -2.04. The number of hydrogen-bond acceptors (Lipinski definition) is 4. The Morgan fingerprint density at radius 1 is 1.43 bits per heavy atom. The average Bonchev–Trinajstić information content (AvgIpc) is 2.84. The van der Waals surface area contributed by atoms with Crippen molar-refractivity contribution in [2.75, 3.05) is 13.7 Å². The number of nitrogens with zero attached hydrogens (tertiary/aromatic N) is 2. The second-order valence-corrected chi connectivity index (χ2v) is 4.92. The summed E-state index contributed by atoms with van der Waals surface area (Å²) >= 11 is 6.28. The summed E-state index contributed by atoms with van der Waals surface area (Å²) in [6.07, 6.45) is 2.89. The number of halogens is 2. The van der Waals surface area contributed by atoms with Gasteiger partial charge in [-0.25, -0.2) is 13.9 Å². The molecule has 7 heteroatoms. The number of hydrogen-bond donors (Lipinski definition) is 0. The van der Waals surface area contributed by atoms with Crippen LogP contribution >= 0.6 is 11.6 Å². The first-order valence-electron chi connectivity index (χ1n) is 6.94. The number of methoxy groups -OCH3 is 1. The van der Waals surface area contributed by atoms with Crippen LogP contribution in [0.15, 0.2) is 30.5 Å². The van der Waals surface area contributed by atoms with Gasteiger partial charge in [-0.3, -0.25) is 0 Å². The van der Waals surface area contributed by atoms with Crippen LogP contribution in [0.25, 0.3) is 6.08 Å². The zero-order valence-electron chi connectivity index (χ0n) is 12.8. The van der Waals surface area contributed by atoms with Crippen LogP contribution in [0.1, 0.15) is 28.5 Å². The molecule has 0 N–H and O–H groups in total. The molecule has 0 fully saturated rings. The Labute approximate surface area is 138 Å². The maximum Gasteiger partial charge on any atom is 0.359 e. The molecule has 0 saturated heterocycles. The third kappa shape index (κ3) is 3.90. The molecular formula is C16H16ClFN2O3. The van der Waals surface area contributed by atoms with E-state index in [1.807, 2.05) is 0 Å². The number of benzene rings is 1. The molecule has 0 spiro atoms. The van der Waals surface area contributed by atoms with Crippen molar-refractivity contribution in [3.63, 3.8) is 0 Å². The molecule has 0 bridgehead atoms. The summed E-state index contributed by atoms with van der Waals surface area (Å²) in [6.45, 7) is 2.00. The fourth-order valence-corrected chi connectivity index (χ4v) is 2.23. The fraction of sp³-hybridized carbons (Fsp3) is 0.250. The van der Waals surface area contributed by atoms with E-state index in [4.69, 9.17) is 21.1 Å². The van der Waals surface area contributed by atoms with Crippen molar-refractivity contribution in [1.29, 1.82) is 0 Å². The van der Waals surface area contributed by atoms with E-state index in [1.54, 1.807) is 25.1 Å². The number of rotatable bonds is 6. The highest BCUT2D eigenvalue weighted by Crippen LogP contribution is 2.24. The average molecular weight is 339 g/mol. The van der Waals surface area contributed by atoms with Gasteiger partial charge in [0.2, 0.25) is 0 Å². The van der Waals surface area contributed by atoms with Crippen molar-refractivity contribution in [1.82, 2.24) is 9.78 Å². The van der Waals surface area contributed by atoms with Gasteiger partial charge < -0.3 is 9.47 Å². The lowest BCUT2D eigenvalue weighted by molar-refractivity contribution is 0.0518. The Hall–Kier alpha value is -2.34. The molecular weight excluding hydrogens is 323 g/mol. The Morgan fingerprint density at radius 3 is 2.83 bits per heavy atom. The second kappa shape index (κ2) is 7.78. The van der Waals surface area contributed by atoms with Crippen LogP contribution in [0, 0.1) is 5.82 Å². The Bertz CT molecular complexity index is 728. The van der Waals surface area contributed by atoms with Crippen LogP contribution in [-0.2, 0) is 16.0 Å². The molecule has 0 atom stereocenters. The molecule has 1 aromatic heterocycles. The van der Waals surface area contributed by atoms with E-state index in [-0.39, 0.29) is 29.8 Å². The molecule has 0 aliphatic rings. The van der Waals surface area contributed by atoms with E-state index < -0.39 is 5.97 Å². The lowest BCUT2D eigenvalue weighted by atomic mass is 10.2. The highest BCUT2D eigenvalue weighted by Gasteiger charge is 2.22. The minimum atomic E-state index is -0.600. The summed E-state index contributed by atoms with van der Waals surface area (Å²) < 4.78 is 25.0. The van der Waals surface area contributed by atoms with E-state index in [1.165, 1.54) is 30.2 Å². The topological polar surface area (TPSA) is 53.3 Å². The van der Waals surface area contributed by atoms with Crippen molar-refractivity contribution in [2.45, 2.75) is 13.5 Å². The van der Waals surface area contributed by atoms with Crippen molar-refractivity contribution in [3.05, 3.63) is 58.3 Å². The van der Waals surface area contributed by atoms with Gasteiger partial charge in [0.1, 0.15) is 11.0 Å². The summed E-state index contributed by atoms with van der Waals surface area (Å²) in [5.74, 6) is -0.969. The molecule has 0 unspecified atom stereocenters. The van der Waals surface area contributed by atoms with Gasteiger partial charge in [0.15, 0.2) is 5.69 Å². The number of carbonyl (C=O) groups is 1. The maximum absolute atomic E-state index is 13.8. The van der Waals surface area contributed by atoms with E-state index in [2.05, 4.69) is 5.10 Å². The zero-order chi connectivity index (χ0) is 16.8. The number of carbonyl (C=O) groups excluding carboxylic acids is 1. The first-order valence-corrected chi connectivity index (χ1v) is 7.32. The van der Waals surface area contributed by atoms with Crippen molar-refractivity contribution < 1.29 is 18.7 Å². The molecule has 122 valence electrons. The van der Waals surface area contributed by atoms with Crippen molar-refractivity contribution in [2.24, 2.45) is 0 Å². The van der Waals surface area contributed by atoms with Gasteiger partial charge >= 0.3 is 5.97 Å². The van der Waals surface area contributed by atoms with Crippen LogP contribution in [0.5, 0.6) is 0 Å². The number of esters is 1. The third-order valence-corrected chi connectivity index (χ3v) is 3.44. The maximum atomic E-state index is 13.8. The Kier molecular flexibility index (Phi) is 5.76. The zero-order valence-corrected chi connectivity index (χ0v) is 13.5. The minimum Gasteiger partial charge on any atom is -0.504 e. The standard InChI is InChI=1S/C16H16ClFN2O3/c1-3-23-16(21)14-12(8-9-22-2)15(17)20(19-14)10-11-6-4-5-7-13(11)18/h4-9H,3,10H2,1-2H3. The smallest absolute Gasteiger partial charge is 0.359 e. The van der Waals surface area contributed by atoms with Crippen molar-refractivity contribution in [3.8, 4) is 0 Å². The summed E-state index contributed by atoms with van der Waals surface area (Å²) in [6, 6.07) is 6.29. The van der Waals surface area contributed by atoms with Crippen molar-refractivity contribution >= 4 is 23.6 Å². The summed E-state index contributed by atoms with van der Waals surface area (Å²) in [5, 5.41) is 4.35. The second-order valence-electron chi connectivity index (χ2n) is 4.56. The van der Waals surface area contributed by atoms with Crippen LogP contribution in [0.2, 0.25) is 5.15 Å². The molecule has 2 rings (SSSR count). The molecule has 0 amide bonds. The number of aromatic nitrogens is 2. The summed E-state index contributed by atoms with van der Waals surface area (Å²) in [5.41, 5.74) is 0.833. The molecule has 1 heterocycles. The highest BCUT2D eigenvalue weighted by atomic mass is 35.5. The molecule has 0 saturated carbocycles. The summed E-state index contributed by atoms with van der Waals surface area (Å²) in [7, 11) is 1.47. The van der Waals surface area contributed by atoms with Gasteiger partial charge in [-0.2, -0.15) is 5.10 Å². The predicted octanol–water partition coefficient (Wildman–Crippen LogP) is 3.52. The van der Waals surface area contributed by atoms with Gasteiger partial charge in [-0.1, -0.05) is 29.8 Å². The van der Waals surface area contributed by atoms with E-state index in [0.717, 1.165) is 0 Å². The fourth-order valence-electron chi connectivity index (χ4n) is 1.98. The lowest BCUT2D eigenvalue weighted by Crippen LogP contribution is -2.09. The number of ether oxygens (including phenoxy) is 2. The van der Waals surface area contributed by atoms with Gasteiger partial charge in [0.25, 0.3) is 0 Å². The van der Waals surface area contributed by atoms with E-state index in [9.17, 15) is 9.18 Å². The van der Waals surface area contributed by atoms with E-state index in [0.29, 0.717) is 11.1 Å². The summed E-state index contributed by atoms with van der Waals surface area (Å²) in [4.78, 5) is 12.0. The van der Waals surface area contributed by atoms with E-state index >= 15 is 0 Å². The Morgan fingerprint density at radius 2 is 2.17 bits per heavy atom. The molecule has 0 aliphatic carbocycles. The molecule has 5 nitrogen and oxygen atoms in total. The molecule has 23 heavy (non-hydrogen) atoms. The van der Waals surface area contributed by atoms with Gasteiger partial charge in [-0.05, 0) is 19.1 Å². The van der Waals surface area contributed by atoms with Gasteiger partial charge in [-0.15, -0.1) is 0 Å². The van der Waals surface area contributed by atoms with Gasteiger partial charge in [0.05, 0.1) is 26.5 Å². The van der Waals surface area contributed by atoms with Crippen LogP contribution in [-0.4, -0.2) is 29.5 Å². The Balaban J connectivity index is 2.42. The van der Waals surface area contributed by atoms with Gasteiger partial charge in [0, 0.05) is 11.1 Å². The largest absolute Gasteiger partial charge is 0.504 e. The molecule has 2 aromatic rings. The first-order chi connectivity index (χ1) is 11.1. The first kappa shape index (κ1) is 17.0. The SMILES string of the molecule is CCOC(=O)c1nn(Cc2ccccc2F)c(Cl)c1C=COC. The van der Waals surface area contributed by atoms with Crippen LogP contribution in [0.3, 0.4) is 0 Å². The predicted molar refractivity (Wildman–Crippen MR) is 84.7 cm³/mol. The van der Waals surface area contributed by atoms with Crippen LogP contribution < -0.4 is 0 Å². The third-order valence-electron chi connectivity index (χ3n) is 3.04. The molecule has 0 aliphatic heterocycles. The quantitative estimate of drug-likeness (QED) is 0.597. The monoisotopic (exact) mass is 338 g/mol. The molecule has 0 radical (unpaired) electrons. The molecule has 1 aromatic carbocycles. The minimum absolute atomic E-state index is 0.0569. The van der Waals surface area contributed by atoms with Crippen LogP contribution in [0.4, 0.5) is 4.39 Å². The highest BCUT2D eigenvalue weighted by molar-refractivity contribution is 6.31.